The highest BCUT2D eigenvalue weighted by molar-refractivity contribution is 7.99. The number of carbonyl (C=O) groups excluding carboxylic acids is 1. The summed E-state index contributed by atoms with van der Waals surface area (Å²) in [4.78, 5) is 19.1. The fourth-order valence-corrected chi connectivity index (χ4v) is 3.17. The molecule has 1 aromatic heterocycles. The summed E-state index contributed by atoms with van der Waals surface area (Å²) in [5.41, 5.74) is 1.70. The average molecular weight is 321 g/mol. The number of thioether (sulfide) groups is 1. The second-order valence-corrected chi connectivity index (χ2v) is 8.61. The zero-order valence-electron chi connectivity index (χ0n) is 14.6. The Morgan fingerprint density at radius 3 is 2.50 bits per heavy atom. The van der Waals surface area contributed by atoms with E-state index in [9.17, 15) is 4.79 Å². The summed E-state index contributed by atoms with van der Waals surface area (Å²) in [6, 6.07) is 4.02. The molecular formula is C18H28N2OS. The Hall–Kier alpha value is -1.03. The van der Waals surface area contributed by atoms with Crippen LogP contribution < -0.4 is 0 Å². The average Bonchev–Trinajstić information content (AvgIpc) is 3.26. The van der Waals surface area contributed by atoms with Crippen LogP contribution >= 0.6 is 11.8 Å². The van der Waals surface area contributed by atoms with E-state index in [1.807, 2.05) is 33.9 Å². The largest absolute Gasteiger partial charge is 0.336 e. The van der Waals surface area contributed by atoms with Gasteiger partial charge in [0.25, 0.3) is 5.91 Å². The molecule has 3 nitrogen and oxygen atoms in total. The predicted molar refractivity (Wildman–Crippen MR) is 93.6 cm³/mol. The highest BCUT2D eigenvalue weighted by Crippen LogP contribution is 2.43. The van der Waals surface area contributed by atoms with E-state index < -0.39 is 0 Å². The summed E-state index contributed by atoms with van der Waals surface area (Å²) in [6.45, 7) is 10.5. The van der Waals surface area contributed by atoms with Crippen LogP contribution in [0.4, 0.5) is 0 Å². The van der Waals surface area contributed by atoms with Gasteiger partial charge in [0.15, 0.2) is 0 Å². The normalized spacial score (nSPS) is 15.2. The van der Waals surface area contributed by atoms with Gasteiger partial charge in [0.05, 0.1) is 0 Å². The standard InChI is InChI=1S/C18H28N2OS/c1-12(2)11-22-16-14(13-7-8-13)9-10-15(19-16)17(21)20(6)18(3,4)5/h9-10,12-13H,7-8,11H2,1-6H3. The van der Waals surface area contributed by atoms with Crippen LogP contribution in [0.1, 0.15) is 69.4 Å². The Kier molecular flexibility index (Phi) is 5.21. The Morgan fingerprint density at radius 1 is 1.36 bits per heavy atom. The number of hydrogen-bond donors (Lipinski definition) is 0. The van der Waals surface area contributed by atoms with Crippen molar-refractivity contribution in [1.29, 1.82) is 0 Å². The van der Waals surface area contributed by atoms with Gasteiger partial charge in [-0.1, -0.05) is 19.9 Å². The number of nitrogens with zero attached hydrogens (tertiary/aromatic N) is 2. The summed E-state index contributed by atoms with van der Waals surface area (Å²) in [6.07, 6.45) is 2.51. The van der Waals surface area contributed by atoms with Crippen LogP contribution in [0.15, 0.2) is 17.2 Å². The molecule has 1 amide bonds. The summed E-state index contributed by atoms with van der Waals surface area (Å²) < 4.78 is 0. The molecule has 0 saturated heterocycles. The molecule has 1 saturated carbocycles. The van der Waals surface area contributed by atoms with E-state index in [2.05, 4.69) is 19.9 Å². The summed E-state index contributed by atoms with van der Waals surface area (Å²) in [7, 11) is 1.85. The van der Waals surface area contributed by atoms with Crippen LogP contribution in [0.5, 0.6) is 0 Å². The lowest BCUT2D eigenvalue weighted by Gasteiger charge is -2.31. The van der Waals surface area contributed by atoms with Crippen LogP contribution in [-0.4, -0.2) is 34.1 Å². The number of rotatable bonds is 5. The highest BCUT2D eigenvalue weighted by atomic mass is 32.2. The third-order valence-electron chi connectivity index (χ3n) is 3.99. The smallest absolute Gasteiger partial charge is 0.272 e. The Bertz CT molecular complexity index is 545. The van der Waals surface area contributed by atoms with E-state index in [1.54, 1.807) is 16.7 Å². The second kappa shape index (κ2) is 6.61. The minimum Gasteiger partial charge on any atom is -0.336 e. The molecule has 0 N–H and O–H groups in total. The molecule has 122 valence electrons. The van der Waals surface area contributed by atoms with Crippen molar-refractivity contribution in [2.24, 2.45) is 5.92 Å². The van der Waals surface area contributed by atoms with Crippen molar-refractivity contribution in [3.63, 3.8) is 0 Å². The van der Waals surface area contributed by atoms with Gasteiger partial charge >= 0.3 is 0 Å². The van der Waals surface area contributed by atoms with Gasteiger partial charge < -0.3 is 4.90 Å². The Morgan fingerprint density at radius 2 is 2.00 bits per heavy atom. The molecule has 22 heavy (non-hydrogen) atoms. The first kappa shape index (κ1) is 17.3. The van der Waals surface area contributed by atoms with Crippen molar-refractivity contribution in [3.05, 3.63) is 23.4 Å². The molecule has 1 fully saturated rings. The molecule has 1 aliphatic rings. The monoisotopic (exact) mass is 320 g/mol. The molecule has 1 aliphatic carbocycles. The predicted octanol–water partition coefficient (Wildman–Crippen LogP) is 4.58. The molecule has 0 unspecified atom stereocenters. The van der Waals surface area contributed by atoms with Gasteiger partial charge in [0.1, 0.15) is 10.7 Å². The third kappa shape index (κ3) is 4.25. The highest BCUT2D eigenvalue weighted by Gasteiger charge is 2.29. The zero-order valence-corrected chi connectivity index (χ0v) is 15.5. The van der Waals surface area contributed by atoms with Gasteiger partial charge in [-0.25, -0.2) is 4.98 Å². The first-order chi connectivity index (χ1) is 10.2. The fraction of sp³-hybridized carbons (Fsp3) is 0.667. The quantitative estimate of drug-likeness (QED) is 0.745. The van der Waals surface area contributed by atoms with E-state index in [-0.39, 0.29) is 11.4 Å². The van der Waals surface area contributed by atoms with Crippen molar-refractivity contribution in [2.75, 3.05) is 12.8 Å². The molecule has 1 aromatic rings. The molecule has 0 bridgehead atoms. The lowest BCUT2D eigenvalue weighted by atomic mass is 10.1. The van der Waals surface area contributed by atoms with Crippen molar-refractivity contribution in [3.8, 4) is 0 Å². The lowest BCUT2D eigenvalue weighted by molar-refractivity contribution is 0.0649. The molecule has 0 atom stereocenters. The van der Waals surface area contributed by atoms with E-state index in [4.69, 9.17) is 4.98 Å². The van der Waals surface area contributed by atoms with Gasteiger partial charge in [-0.15, -0.1) is 11.8 Å². The number of amides is 1. The van der Waals surface area contributed by atoms with Crippen molar-refractivity contribution >= 4 is 17.7 Å². The maximum absolute atomic E-state index is 12.6. The minimum atomic E-state index is -0.195. The number of hydrogen-bond acceptors (Lipinski definition) is 3. The topological polar surface area (TPSA) is 33.2 Å². The molecule has 0 radical (unpaired) electrons. The molecule has 2 rings (SSSR count). The zero-order chi connectivity index (χ0) is 16.5. The molecule has 1 heterocycles. The maximum atomic E-state index is 12.6. The molecule has 0 aliphatic heterocycles. The Labute approximate surface area is 138 Å². The van der Waals surface area contributed by atoms with Crippen LogP contribution in [0.25, 0.3) is 0 Å². The summed E-state index contributed by atoms with van der Waals surface area (Å²) in [5.74, 6) is 2.32. The van der Waals surface area contributed by atoms with Crippen LogP contribution in [0.3, 0.4) is 0 Å². The van der Waals surface area contributed by atoms with E-state index in [0.29, 0.717) is 17.5 Å². The van der Waals surface area contributed by atoms with Gasteiger partial charge in [-0.2, -0.15) is 0 Å². The van der Waals surface area contributed by atoms with Crippen molar-refractivity contribution < 1.29 is 4.79 Å². The van der Waals surface area contributed by atoms with Gasteiger partial charge in [0, 0.05) is 18.3 Å². The van der Waals surface area contributed by atoms with Gasteiger partial charge in [-0.05, 0) is 57.1 Å². The molecule has 4 heteroatoms. The van der Waals surface area contributed by atoms with Crippen LogP contribution in [0, 0.1) is 5.92 Å². The second-order valence-electron chi connectivity index (χ2n) is 7.60. The number of carbonyl (C=O) groups is 1. The fourth-order valence-electron chi connectivity index (χ4n) is 2.11. The number of aromatic nitrogens is 1. The molecule has 0 aromatic carbocycles. The van der Waals surface area contributed by atoms with E-state index >= 15 is 0 Å². The maximum Gasteiger partial charge on any atom is 0.272 e. The number of pyridine rings is 1. The summed E-state index contributed by atoms with van der Waals surface area (Å²) in [5, 5.41) is 1.06. The van der Waals surface area contributed by atoms with Gasteiger partial charge in [-0.3, -0.25) is 4.79 Å². The van der Waals surface area contributed by atoms with Crippen molar-refractivity contribution in [1.82, 2.24) is 9.88 Å². The third-order valence-corrected chi connectivity index (χ3v) is 5.42. The lowest BCUT2D eigenvalue weighted by Crippen LogP contribution is -2.42. The SMILES string of the molecule is CC(C)CSc1nc(C(=O)N(C)C(C)(C)C)ccc1C1CC1. The molecular weight excluding hydrogens is 292 g/mol. The minimum absolute atomic E-state index is 0.00115. The van der Waals surface area contributed by atoms with E-state index in [0.717, 1.165) is 10.8 Å². The first-order valence-electron chi connectivity index (χ1n) is 8.12. The first-order valence-corrected chi connectivity index (χ1v) is 9.10. The Balaban J connectivity index is 2.25. The van der Waals surface area contributed by atoms with E-state index in [1.165, 1.54) is 18.4 Å². The van der Waals surface area contributed by atoms with Gasteiger partial charge in [0.2, 0.25) is 0 Å². The summed E-state index contributed by atoms with van der Waals surface area (Å²) >= 11 is 1.79. The van der Waals surface area contributed by atoms with Crippen molar-refractivity contribution in [2.45, 2.75) is 63.9 Å². The molecule has 0 spiro atoms. The van der Waals surface area contributed by atoms with Crippen LogP contribution in [0.2, 0.25) is 0 Å². The van der Waals surface area contributed by atoms with Crippen LogP contribution in [-0.2, 0) is 0 Å².